The molecule has 1 N–H and O–H groups in total. The molecule has 0 bridgehead atoms. The van der Waals surface area contributed by atoms with E-state index in [2.05, 4.69) is 21.2 Å². The van der Waals surface area contributed by atoms with Crippen LogP contribution < -0.4 is 5.32 Å². The third kappa shape index (κ3) is 3.72. The van der Waals surface area contributed by atoms with Gasteiger partial charge in [-0.2, -0.15) is 0 Å². The second kappa shape index (κ2) is 6.58. The maximum absolute atomic E-state index is 12.0. The Morgan fingerprint density at radius 1 is 1.33 bits per heavy atom. The highest BCUT2D eigenvalue weighted by Crippen LogP contribution is 2.24. The molecule has 0 atom stereocenters. The van der Waals surface area contributed by atoms with E-state index in [0.29, 0.717) is 16.5 Å². The molecular formula is C14H17BrClNO. The van der Waals surface area contributed by atoms with Crippen LogP contribution in [0.15, 0.2) is 22.7 Å². The molecule has 0 unspecified atom stereocenters. The molecule has 1 fully saturated rings. The molecule has 0 radical (unpaired) electrons. The van der Waals surface area contributed by atoms with E-state index in [1.54, 1.807) is 18.2 Å². The molecule has 1 aliphatic rings. The number of hydrogen-bond acceptors (Lipinski definition) is 1. The van der Waals surface area contributed by atoms with E-state index in [0.717, 1.165) is 11.0 Å². The fourth-order valence-electron chi connectivity index (χ4n) is 2.40. The van der Waals surface area contributed by atoms with Gasteiger partial charge in [-0.15, -0.1) is 0 Å². The molecule has 4 heteroatoms. The zero-order valence-electron chi connectivity index (χ0n) is 10.2. The second-order valence-corrected chi connectivity index (χ2v) is 6.13. The smallest absolute Gasteiger partial charge is 0.252 e. The van der Waals surface area contributed by atoms with Crippen molar-refractivity contribution in [1.29, 1.82) is 0 Å². The van der Waals surface area contributed by atoms with Crippen molar-refractivity contribution < 1.29 is 4.79 Å². The molecule has 1 aliphatic carbocycles. The van der Waals surface area contributed by atoms with Gasteiger partial charge in [-0.05, 0) is 52.9 Å². The van der Waals surface area contributed by atoms with Crippen LogP contribution in [0, 0.1) is 5.92 Å². The highest BCUT2D eigenvalue weighted by molar-refractivity contribution is 9.10. The molecule has 0 spiro atoms. The van der Waals surface area contributed by atoms with Gasteiger partial charge in [0, 0.05) is 16.0 Å². The molecule has 1 saturated carbocycles. The summed E-state index contributed by atoms with van der Waals surface area (Å²) in [5.41, 5.74) is 0.648. The van der Waals surface area contributed by atoms with E-state index >= 15 is 0 Å². The molecule has 18 heavy (non-hydrogen) atoms. The van der Waals surface area contributed by atoms with Crippen molar-refractivity contribution in [2.75, 3.05) is 6.54 Å². The molecule has 98 valence electrons. The summed E-state index contributed by atoms with van der Waals surface area (Å²) < 4.78 is 0.746. The Morgan fingerprint density at radius 2 is 2.06 bits per heavy atom. The standard InChI is InChI=1S/C14H17BrClNO/c15-13-8-11(16)6-7-12(13)14(18)17-9-10-4-2-1-3-5-10/h6-8,10H,1-5,9H2,(H,17,18). The number of hydrogen-bond donors (Lipinski definition) is 1. The number of carbonyl (C=O) groups is 1. The van der Waals surface area contributed by atoms with Crippen LogP contribution in [0.2, 0.25) is 5.02 Å². The van der Waals surface area contributed by atoms with Gasteiger partial charge in [0.2, 0.25) is 0 Å². The Hall–Kier alpha value is -0.540. The minimum Gasteiger partial charge on any atom is -0.352 e. The zero-order valence-corrected chi connectivity index (χ0v) is 12.6. The van der Waals surface area contributed by atoms with Crippen molar-refractivity contribution in [1.82, 2.24) is 5.32 Å². The number of rotatable bonds is 3. The first-order chi connectivity index (χ1) is 8.66. The van der Waals surface area contributed by atoms with Crippen LogP contribution in [0.25, 0.3) is 0 Å². The van der Waals surface area contributed by atoms with Gasteiger partial charge in [0.1, 0.15) is 0 Å². The first kappa shape index (κ1) is 13.9. The minimum atomic E-state index is -0.0240. The van der Waals surface area contributed by atoms with Crippen LogP contribution in [0.1, 0.15) is 42.5 Å². The average molecular weight is 331 g/mol. The molecule has 0 aliphatic heterocycles. The van der Waals surface area contributed by atoms with Gasteiger partial charge in [0.15, 0.2) is 0 Å². The number of amides is 1. The quantitative estimate of drug-likeness (QED) is 0.873. The van der Waals surface area contributed by atoms with E-state index in [4.69, 9.17) is 11.6 Å². The molecule has 1 amide bonds. The summed E-state index contributed by atoms with van der Waals surface area (Å²) in [5.74, 6) is 0.623. The molecule has 2 nitrogen and oxygen atoms in total. The SMILES string of the molecule is O=C(NCC1CCCCC1)c1ccc(Cl)cc1Br. The number of benzene rings is 1. The lowest BCUT2D eigenvalue weighted by atomic mass is 9.89. The highest BCUT2D eigenvalue weighted by Gasteiger charge is 2.16. The lowest BCUT2D eigenvalue weighted by Crippen LogP contribution is -2.30. The van der Waals surface area contributed by atoms with Crippen LogP contribution in [0.5, 0.6) is 0 Å². The average Bonchev–Trinajstić information content (AvgIpc) is 2.37. The Bertz CT molecular complexity index is 430. The van der Waals surface area contributed by atoms with Crippen molar-refractivity contribution >= 4 is 33.4 Å². The largest absolute Gasteiger partial charge is 0.352 e. The van der Waals surface area contributed by atoms with Crippen LogP contribution in [0.3, 0.4) is 0 Å². The molecule has 1 aromatic rings. The van der Waals surface area contributed by atoms with E-state index in [1.165, 1.54) is 32.1 Å². The number of carbonyl (C=O) groups excluding carboxylic acids is 1. The number of halogens is 2. The van der Waals surface area contributed by atoms with E-state index in [-0.39, 0.29) is 5.91 Å². The Balaban J connectivity index is 1.90. The molecule has 0 aromatic heterocycles. The summed E-state index contributed by atoms with van der Waals surface area (Å²) in [6.45, 7) is 0.786. The van der Waals surface area contributed by atoms with E-state index in [1.807, 2.05) is 0 Å². The van der Waals surface area contributed by atoms with Crippen molar-refractivity contribution in [3.8, 4) is 0 Å². The summed E-state index contributed by atoms with van der Waals surface area (Å²) in [7, 11) is 0. The van der Waals surface area contributed by atoms with Gasteiger partial charge >= 0.3 is 0 Å². The van der Waals surface area contributed by atoms with Crippen molar-refractivity contribution in [2.45, 2.75) is 32.1 Å². The zero-order chi connectivity index (χ0) is 13.0. The molecular weight excluding hydrogens is 314 g/mol. The van der Waals surface area contributed by atoms with Crippen LogP contribution in [-0.4, -0.2) is 12.5 Å². The van der Waals surface area contributed by atoms with Crippen LogP contribution >= 0.6 is 27.5 Å². The summed E-state index contributed by atoms with van der Waals surface area (Å²) in [6.07, 6.45) is 6.41. The van der Waals surface area contributed by atoms with Crippen molar-refractivity contribution in [3.05, 3.63) is 33.3 Å². The second-order valence-electron chi connectivity index (χ2n) is 4.84. The lowest BCUT2D eigenvalue weighted by Gasteiger charge is -2.21. The van der Waals surface area contributed by atoms with E-state index in [9.17, 15) is 4.79 Å². The summed E-state index contributed by atoms with van der Waals surface area (Å²) in [6, 6.07) is 5.24. The Morgan fingerprint density at radius 3 is 2.72 bits per heavy atom. The highest BCUT2D eigenvalue weighted by atomic mass is 79.9. The van der Waals surface area contributed by atoms with Crippen LogP contribution in [0.4, 0.5) is 0 Å². The summed E-state index contributed by atoms with van der Waals surface area (Å²) in [5, 5.41) is 3.65. The predicted molar refractivity (Wildman–Crippen MR) is 78.1 cm³/mol. The molecule has 0 saturated heterocycles. The van der Waals surface area contributed by atoms with Gasteiger partial charge in [-0.25, -0.2) is 0 Å². The normalized spacial score (nSPS) is 16.6. The third-order valence-electron chi connectivity index (χ3n) is 3.45. The lowest BCUT2D eigenvalue weighted by molar-refractivity contribution is 0.0943. The van der Waals surface area contributed by atoms with Gasteiger partial charge in [-0.3, -0.25) is 4.79 Å². The molecule has 2 rings (SSSR count). The number of nitrogens with one attached hydrogen (secondary N) is 1. The molecule has 1 aromatic carbocycles. The van der Waals surface area contributed by atoms with Gasteiger partial charge < -0.3 is 5.32 Å². The first-order valence-electron chi connectivity index (χ1n) is 6.40. The fraction of sp³-hybridized carbons (Fsp3) is 0.500. The van der Waals surface area contributed by atoms with Gasteiger partial charge in [-0.1, -0.05) is 30.9 Å². The van der Waals surface area contributed by atoms with Crippen molar-refractivity contribution in [3.63, 3.8) is 0 Å². The Labute approximate surface area is 121 Å². The van der Waals surface area contributed by atoms with E-state index < -0.39 is 0 Å². The topological polar surface area (TPSA) is 29.1 Å². The van der Waals surface area contributed by atoms with Crippen LogP contribution in [-0.2, 0) is 0 Å². The maximum Gasteiger partial charge on any atom is 0.252 e. The fourth-order valence-corrected chi connectivity index (χ4v) is 3.26. The van der Waals surface area contributed by atoms with Gasteiger partial charge in [0.25, 0.3) is 5.91 Å². The Kier molecular flexibility index (Phi) is 5.07. The first-order valence-corrected chi connectivity index (χ1v) is 7.57. The summed E-state index contributed by atoms with van der Waals surface area (Å²) in [4.78, 5) is 12.0. The predicted octanol–water partition coefficient (Wildman–Crippen LogP) is 4.41. The molecule has 0 heterocycles. The summed E-state index contributed by atoms with van der Waals surface area (Å²) >= 11 is 9.23. The third-order valence-corrected chi connectivity index (χ3v) is 4.34. The van der Waals surface area contributed by atoms with Crippen molar-refractivity contribution in [2.24, 2.45) is 5.92 Å². The maximum atomic E-state index is 12.0. The van der Waals surface area contributed by atoms with Gasteiger partial charge in [0.05, 0.1) is 5.56 Å². The minimum absolute atomic E-state index is 0.0240. The monoisotopic (exact) mass is 329 g/mol.